The van der Waals surface area contributed by atoms with Crippen molar-refractivity contribution in [2.75, 3.05) is 0 Å². The molecule has 0 aliphatic heterocycles. The highest BCUT2D eigenvalue weighted by atomic mass is 79.9. The van der Waals surface area contributed by atoms with Crippen molar-refractivity contribution in [2.24, 2.45) is 5.92 Å². The van der Waals surface area contributed by atoms with Gasteiger partial charge in [-0.15, -0.1) is 11.3 Å². The number of aryl methyl sites for hydroxylation is 1. The number of hydrogen-bond donors (Lipinski definition) is 0. The molecule has 142 valence electrons. The molecule has 0 saturated carbocycles. The summed E-state index contributed by atoms with van der Waals surface area (Å²) < 4.78 is 2.41. The average Bonchev–Trinajstić information content (AvgIpc) is 3.05. The van der Waals surface area contributed by atoms with Gasteiger partial charge in [-0.2, -0.15) is 0 Å². The van der Waals surface area contributed by atoms with Crippen molar-refractivity contribution in [2.45, 2.75) is 37.0 Å². The van der Waals surface area contributed by atoms with Gasteiger partial charge in [0.1, 0.15) is 21.8 Å². The predicted molar refractivity (Wildman–Crippen MR) is 117 cm³/mol. The molecule has 0 saturated heterocycles. The highest BCUT2D eigenvalue weighted by molar-refractivity contribution is 9.10. The molecule has 1 atom stereocenters. The summed E-state index contributed by atoms with van der Waals surface area (Å²) in [5, 5.41) is 2.20. The molecule has 8 heteroatoms. The summed E-state index contributed by atoms with van der Waals surface area (Å²) in [6, 6.07) is 5.35. The van der Waals surface area contributed by atoms with Gasteiger partial charge in [0.25, 0.3) is 5.56 Å². The van der Waals surface area contributed by atoms with Gasteiger partial charge in [0.05, 0.1) is 5.69 Å². The minimum atomic E-state index is -0.0726. The zero-order valence-corrected chi connectivity index (χ0v) is 18.4. The molecule has 5 nitrogen and oxygen atoms in total. The molecule has 28 heavy (non-hydrogen) atoms. The van der Waals surface area contributed by atoms with Crippen LogP contribution in [0.15, 0.2) is 45.0 Å². The van der Waals surface area contributed by atoms with Gasteiger partial charge < -0.3 is 0 Å². The van der Waals surface area contributed by atoms with Crippen LogP contribution in [0.25, 0.3) is 15.9 Å². The molecule has 0 amide bonds. The quantitative estimate of drug-likeness (QED) is 0.314. The van der Waals surface area contributed by atoms with E-state index in [1.54, 1.807) is 34.8 Å². The summed E-state index contributed by atoms with van der Waals surface area (Å²) in [6.07, 6.45) is 6.85. The Morgan fingerprint density at radius 2 is 2.25 bits per heavy atom. The van der Waals surface area contributed by atoms with E-state index in [2.05, 4.69) is 37.8 Å². The Morgan fingerprint density at radius 1 is 1.36 bits per heavy atom. The third-order valence-electron chi connectivity index (χ3n) is 5.09. The summed E-state index contributed by atoms with van der Waals surface area (Å²) in [7, 11) is 0. The zero-order chi connectivity index (χ0) is 19.3. The van der Waals surface area contributed by atoms with E-state index >= 15 is 0 Å². The highest BCUT2D eigenvalue weighted by Gasteiger charge is 2.23. The van der Waals surface area contributed by atoms with E-state index < -0.39 is 0 Å². The zero-order valence-electron chi connectivity index (χ0n) is 15.2. The molecule has 4 heterocycles. The topological polar surface area (TPSA) is 60.2 Å². The maximum atomic E-state index is 12.4. The number of rotatable bonds is 3. The molecule has 0 bridgehead atoms. The molecular formula is C20H17BrN4OS2. The lowest BCUT2D eigenvalue weighted by Crippen LogP contribution is -2.15. The minimum absolute atomic E-state index is 0.0726. The number of nitrogens with zero attached hydrogens (tertiary/aromatic N) is 4. The molecule has 1 aliphatic rings. The van der Waals surface area contributed by atoms with E-state index in [-0.39, 0.29) is 5.56 Å². The summed E-state index contributed by atoms with van der Waals surface area (Å²) in [4.78, 5) is 28.7. The van der Waals surface area contributed by atoms with Crippen LogP contribution >= 0.6 is 39.0 Å². The Kier molecular flexibility index (Phi) is 4.72. The van der Waals surface area contributed by atoms with Crippen LogP contribution in [0.5, 0.6) is 0 Å². The second-order valence-electron chi connectivity index (χ2n) is 7.16. The maximum absolute atomic E-state index is 12.4. The Hall–Kier alpha value is -1.77. The first-order valence-corrected chi connectivity index (χ1v) is 11.7. The summed E-state index contributed by atoms with van der Waals surface area (Å²) in [5.74, 6) is 1.34. The SMILES string of the molecule is CC1CCc2c(sc3ncnc(SCc4cc(=O)n5cc(Br)ccc5n4)c23)C1. The van der Waals surface area contributed by atoms with E-state index in [9.17, 15) is 4.79 Å². The number of fused-ring (bicyclic) bond motifs is 4. The van der Waals surface area contributed by atoms with Gasteiger partial charge in [-0.3, -0.25) is 9.20 Å². The van der Waals surface area contributed by atoms with Gasteiger partial charge in [-0.1, -0.05) is 18.7 Å². The second kappa shape index (κ2) is 7.24. The van der Waals surface area contributed by atoms with Crippen molar-refractivity contribution in [1.29, 1.82) is 0 Å². The van der Waals surface area contributed by atoms with Gasteiger partial charge >= 0.3 is 0 Å². The number of thiophene rings is 1. The normalized spacial score (nSPS) is 16.6. The fourth-order valence-corrected chi connectivity index (χ4v) is 6.37. The molecule has 0 spiro atoms. The first-order valence-electron chi connectivity index (χ1n) is 9.14. The summed E-state index contributed by atoms with van der Waals surface area (Å²) in [5.41, 5.74) is 2.78. The van der Waals surface area contributed by atoms with Crippen LogP contribution in [0.3, 0.4) is 0 Å². The minimum Gasteiger partial charge on any atom is -0.269 e. The van der Waals surface area contributed by atoms with Crippen LogP contribution in [0.1, 0.15) is 29.5 Å². The van der Waals surface area contributed by atoms with Crippen LogP contribution in [0, 0.1) is 5.92 Å². The molecule has 0 radical (unpaired) electrons. The number of hydrogen-bond acceptors (Lipinski definition) is 6. The molecular weight excluding hydrogens is 456 g/mol. The van der Waals surface area contributed by atoms with E-state index in [1.165, 1.54) is 22.2 Å². The third kappa shape index (κ3) is 3.27. The summed E-state index contributed by atoms with van der Waals surface area (Å²) in [6.45, 7) is 2.32. The van der Waals surface area contributed by atoms with Gasteiger partial charge in [-0.25, -0.2) is 15.0 Å². The lowest BCUT2D eigenvalue weighted by Gasteiger charge is -2.18. The summed E-state index contributed by atoms with van der Waals surface area (Å²) >= 11 is 6.84. The number of thioether (sulfide) groups is 1. The Labute approximate surface area is 178 Å². The molecule has 4 aromatic heterocycles. The highest BCUT2D eigenvalue weighted by Crippen LogP contribution is 2.40. The second-order valence-corrected chi connectivity index (χ2v) is 10.1. The van der Waals surface area contributed by atoms with Gasteiger partial charge in [0.15, 0.2) is 0 Å². The Morgan fingerprint density at radius 3 is 3.14 bits per heavy atom. The molecule has 0 aromatic carbocycles. The smallest absolute Gasteiger partial charge is 0.258 e. The van der Waals surface area contributed by atoms with Gasteiger partial charge in [0.2, 0.25) is 0 Å². The number of halogens is 1. The van der Waals surface area contributed by atoms with E-state index in [1.807, 2.05) is 23.5 Å². The molecule has 1 unspecified atom stereocenters. The van der Waals surface area contributed by atoms with E-state index in [4.69, 9.17) is 0 Å². The molecule has 1 aliphatic carbocycles. The fourth-order valence-electron chi connectivity index (χ4n) is 3.70. The standard InChI is InChI=1S/C20H17BrN4OS2/c1-11-2-4-14-15(6-11)28-20-18(14)19(22-10-23-20)27-9-13-7-17(26)25-8-12(21)3-5-16(25)24-13/h3,5,7-8,10-11H,2,4,6,9H2,1H3. The monoisotopic (exact) mass is 472 g/mol. The van der Waals surface area contributed by atoms with Crippen molar-refractivity contribution < 1.29 is 0 Å². The third-order valence-corrected chi connectivity index (χ3v) is 7.74. The van der Waals surface area contributed by atoms with Crippen molar-refractivity contribution in [1.82, 2.24) is 19.4 Å². The Bertz CT molecular complexity index is 1270. The molecule has 5 rings (SSSR count). The first kappa shape index (κ1) is 18.3. The van der Waals surface area contributed by atoms with Crippen molar-refractivity contribution in [3.8, 4) is 0 Å². The van der Waals surface area contributed by atoms with E-state index in [0.717, 1.165) is 38.8 Å². The largest absolute Gasteiger partial charge is 0.269 e. The molecule has 0 fully saturated rings. The number of pyridine rings is 1. The van der Waals surface area contributed by atoms with Crippen LogP contribution < -0.4 is 5.56 Å². The van der Waals surface area contributed by atoms with Gasteiger partial charge in [0, 0.05) is 32.8 Å². The van der Waals surface area contributed by atoms with Crippen molar-refractivity contribution >= 4 is 54.9 Å². The lowest BCUT2D eigenvalue weighted by atomic mass is 9.89. The Balaban J connectivity index is 1.49. The van der Waals surface area contributed by atoms with Crippen molar-refractivity contribution in [3.05, 3.63) is 61.7 Å². The van der Waals surface area contributed by atoms with Crippen molar-refractivity contribution in [3.63, 3.8) is 0 Å². The van der Waals surface area contributed by atoms with Gasteiger partial charge in [-0.05, 0) is 58.8 Å². The fraction of sp³-hybridized carbons (Fsp3) is 0.300. The van der Waals surface area contributed by atoms with E-state index in [0.29, 0.717) is 11.4 Å². The van der Waals surface area contributed by atoms with Crippen LogP contribution in [0.2, 0.25) is 0 Å². The van der Waals surface area contributed by atoms with Crippen LogP contribution in [-0.2, 0) is 18.6 Å². The number of aromatic nitrogens is 4. The average molecular weight is 473 g/mol. The maximum Gasteiger partial charge on any atom is 0.258 e. The first-order chi connectivity index (χ1) is 13.6. The van der Waals surface area contributed by atoms with Crippen LogP contribution in [0.4, 0.5) is 0 Å². The van der Waals surface area contributed by atoms with Crippen LogP contribution in [-0.4, -0.2) is 19.4 Å². The molecule has 4 aromatic rings. The predicted octanol–water partition coefficient (Wildman–Crippen LogP) is 4.88. The lowest BCUT2D eigenvalue weighted by molar-refractivity contribution is 0.509. The molecule has 0 N–H and O–H groups in total.